The Morgan fingerprint density at radius 1 is 0.710 bits per heavy atom. The minimum absolute atomic E-state index is 0.00282. The molecule has 164 valence electrons. The van der Waals surface area contributed by atoms with Crippen LogP contribution in [0.4, 0.5) is 9.59 Å². The molecule has 0 saturated carbocycles. The quantitative estimate of drug-likeness (QED) is 0.282. The lowest BCUT2D eigenvalue weighted by Crippen LogP contribution is -2.17. The lowest BCUT2D eigenvalue weighted by atomic mass is 10.1. The Kier molecular flexibility index (Phi) is 9.32. The fraction of sp³-hybridized carbons (Fsp3) is 0.250. The van der Waals surface area contributed by atoms with Crippen LogP contribution in [-0.2, 0) is 14.2 Å². The molecule has 0 spiro atoms. The van der Waals surface area contributed by atoms with Crippen molar-refractivity contribution in [2.24, 2.45) is 0 Å². The Bertz CT molecular complexity index is 858. The number of allylic oxidation sites excluding steroid dienone is 2. The van der Waals surface area contributed by atoms with E-state index in [1.807, 2.05) is 26.0 Å². The van der Waals surface area contributed by atoms with E-state index in [0.717, 1.165) is 22.3 Å². The zero-order valence-corrected chi connectivity index (χ0v) is 17.7. The monoisotopic (exact) mass is 426 g/mol. The van der Waals surface area contributed by atoms with Crippen molar-refractivity contribution in [2.45, 2.75) is 13.8 Å². The van der Waals surface area contributed by atoms with Gasteiger partial charge in [0.05, 0.1) is 13.2 Å². The van der Waals surface area contributed by atoms with Gasteiger partial charge in [-0.3, -0.25) is 0 Å². The van der Waals surface area contributed by atoms with Crippen LogP contribution < -0.4 is 9.47 Å². The van der Waals surface area contributed by atoms with Gasteiger partial charge in [0.2, 0.25) is 0 Å². The molecule has 0 saturated heterocycles. The lowest BCUT2D eigenvalue weighted by molar-refractivity contribution is 0.0267. The molecule has 31 heavy (non-hydrogen) atoms. The van der Waals surface area contributed by atoms with Crippen molar-refractivity contribution < 1.29 is 33.3 Å². The number of hydrogen-bond donors (Lipinski definition) is 0. The normalized spacial score (nSPS) is 10.1. The molecule has 0 aliphatic carbocycles. The van der Waals surface area contributed by atoms with Gasteiger partial charge in [-0.05, 0) is 49.2 Å². The summed E-state index contributed by atoms with van der Waals surface area (Å²) in [7, 11) is 0. The molecule has 0 heterocycles. The first kappa shape index (κ1) is 23.7. The second-order valence-corrected chi connectivity index (χ2v) is 6.63. The number of rotatable bonds is 10. The van der Waals surface area contributed by atoms with Crippen LogP contribution in [0, 0.1) is 0 Å². The summed E-state index contributed by atoms with van der Waals surface area (Å²) in [6.45, 7) is 11.6. The van der Waals surface area contributed by atoms with Crippen molar-refractivity contribution in [3.63, 3.8) is 0 Å². The third kappa shape index (κ3) is 8.76. The van der Waals surface area contributed by atoms with E-state index in [2.05, 4.69) is 13.2 Å². The molecule has 0 amide bonds. The average Bonchev–Trinajstić information content (AvgIpc) is 2.73. The number of hydrogen-bond acceptors (Lipinski definition) is 7. The molecule has 0 atom stereocenters. The summed E-state index contributed by atoms with van der Waals surface area (Å²) in [5, 5.41) is 0. The van der Waals surface area contributed by atoms with Gasteiger partial charge in [0.15, 0.2) is 0 Å². The van der Waals surface area contributed by atoms with Crippen LogP contribution in [0.25, 0.3) is 11.1 Å². The van der Waals surface area contributed by atoms with Gasteiger partial charge >= 0.3 is 12.3 Å². The topological polar surface area (TPSA) is 80.3 Å². The van der Waals surface area contributed by atoms with Gasteiger partial charge in [-0.15, -0.1) is 0 Å². The van der Waals surface area contributed by atoms with Gasteiger partial charge in [0, 0.05) is 0 Å². The number of carbonyl (C=O) groups is 2. The van der Waals surface area contributed by atoms with E-state index < -0.39 is 12.3 Å². The molecular weight excluding hydrogens is 400 g/mol. The summed E-state index contributed by atoms with van der Waals surface area (Å²) in [6, 6.07) is 14.0. The Morgan fingerprint density at radius 3 is 1.52 bits per heavy atom. The minimum Gasteiger partial charge on any atom is -0.432 e. The summed E-state index contributed by atoms with van der Waals surface area (Å²) in [5.74, 6) is 0.735. The molecule has 2 rings (SSSR count). The van der Waals surface area contributed by atoms with E-state index in [1.165, 1.54) is 0 Å². The number of benzene rings is 2. The Hall–Kier alpha value is -3.58. The van der Waals surface area contributed by atoms with E-state index in [9.17, 15) is 9.59 Å². The molecule has 7 heteroatoms. The molecule has 0 fully saturated rings. The summed E-state index contributed by atoms with van der Waals surface area (Å²) in [4.78, 5) is 23.4. The summed E-state index contributed by atoms with van der Waals surface area (Å²) >= 11 is 0. The highest BCUT2D eigenvalue weighted by molar-refractivity contribution is 5.67. The fourth-order valence-electron chi connectivity index (χ4n) is 2.37. The molecule has 0 aromatic heterocycles. The van der Waals surface area contributed by atoms with Gasteiger partial charge in [-0.2, -0.15) is 0 Å². The van der Waals surface area contributed by atoms with Crippen molar-refractivity contribution >= 4 is 23.5 Å². The van der Waals surface area contributed by atoms with Crippen LogP contribution >= 0.6 is 0 Å². The minimum atomic E-state index is -0.834. The van der Waals surface area contributed by atoms with Crippen molar-refractivity contribution in [1.82, 2.24) is 0 Å². The zero-order valence-electron chi connectivity index (χ0n) is 17.7. The van der Waals surface area contributed by atoms with Crippen LogP contribution in [0.5, 0.6) is 11.5 Å². The predicted molar refractivity (Wildman–Crippen MR) is 117 cm³/mol. The van der Waals surface area contributed by atoms with Crippen LogP contribution in [0.3, 0.4) is 0 Å². The maximum atomic E-state index is 11.7. The van der Waals surface area contributed by atoms with Crippen molar-refractivity contribution in [1.29, 1.82) is 0 Å². The third-order valence-corrected chi connectivity index (χ3v) is 3.95. The highest BCUT2D eigenvalue weighted by Crippen LogP contribution is 2.20. The SMILES string of the molecule is C=C(C)c1cccc(OC(=O)OCCOCCOC(=O)Oc2cccc(C(=C)C)c2)c1. The number of ether oxygens (including phenoxy) is 5. The van der Waals surface area contributed by atoms with E-state index in [0.29, 0.717) is 11.5 Å². The van der Waals surface area contributed by atoms with Crippen LogP contribution in [0.15, 0.2) is 61.7 Å². The highest BCUT2D eigenvalue weighted by Gasteiger charge is 2.08. The molecule has 2 aromatic rings. The lowest BCUT2D eigenvalue weighted by Gasteiger charge is -2.09. The molecule has 0 bridgehead atoms. The largest absolute Gasteiger partial charge is 0.513 e. The summed E-state index contributed by atoms with van der Waals surface area (Å²) < 4.78 is 25.3. The molecular formula is C24H26O7. The average molecular weight is 426 g/mol. The van der Waals surface area contributed by atoms with E-state index in [1.54, 1.807) is 36.4 Å². The second-order valence-electron chi connectivity index (χ2n) is 6.63. The maximum Gasteiger partial charge on any atom is 0.513 e. The first-order chi connectivity index (χ1) is 14.8. The van der Waals surface area contributed by atoms with Crippen molar-refractivity contribution in [2.75, 3.05) is 26.4 Å². The predicted octanol–water partition coefficient (Wildman–Crippen LogP) is 5.50. The molecule has 0 unspecified atom stereocenters. The van der Waals surface area contributed by atoms with E-state index >= 15 is 0 Å². The van der Waals surface area contributed by atoms with E-state index in [4.69, 9.17) is 23.7 Å². The highest BCUT2D eigenvalue weighted by atomic mass is 16.7. The fourth-order valence-corrected chi connectivity index (χ4v) is 2.37. The Morgan fingerprint density at radius 2 is 1.13 bits per heavy atom. The molecule has 0 aliphatic rings. The van der Waals surface area contributed by atoms with Gasteiger partial charge in [0.1, 0.15) is 24.7 Å². The van der Waals surface area contributed by atoms with Crippen molar-refractivity contribution in [3.8, 4) is 11.5 Å². The molecule has 0 aliphatic heterocycles. The van der Waals surface area contributed by atoms with Crippen LogP contribution in [0.2, 0.25) is 0 Å². The second kappa shape index (κ2) is 12.2. The molecule has 2 aromatic carbocycles. The smallest absolute Gasteiger partial charge is 0.432 e. The van der Waals surface area contributed by atoms with E-state index in [-0.39, 0.29) is 26.4 Å². The number of carbonyl (C=O) groups excluding carboxylic acids is 2. The van der Waals surface area contributed by atoms with Crippen LogP contribution in [0.1, 0.15) is 25.0 Å². The molecule has 7 nitrogen and oxygen atoms in total. The van der Waals surface area contributed by atoms with Gasteiger partial charge in [-0.25, -0.2) is 9.59 Å². The first-order valence-electron chi connectivity index (χ1n) is 9.64. The summed E-state index contributed by atoms with van der Waals surface area (Å²) in [5.41, 5.74) is 3.46. The zero-order chi connectivity index (χ0) is 22.6. The van der Waals surface area contributed by atoms with Gasteiger partial charge in [-0.1, -0.05) is 48.6 Å². The standard InChI is InChI=1S/C24H26O7/c1-17(2)19-7-5-9-21(15-19)30-23(25)28-13-11-27-12-14-29-24(26)31-22-10-6-8-20(16-22)18(3)4/h5-10,15-16H,1,3,11-14H2,2,4H3. The Balaban J connectivity index is 1.57. The van der Waals surface area contributed by atoms with Gasteiger partial charge < -0.3 is 23.7 Å². The summed E-state index contributed by atoms with van der Waals surface area (Å²) in [6.07, 6.45) is -1.67. The first-order valence-corrected chi connectivity index (χ1v) is 9.64. The molecule has 0 N–H and O–H groups in total. The maximum absolute atomic E-state index is 11.7. The van der Waals surface area contributed by atoms with Crippen LogP contribution in [-0.4, -0.2) is 38.7 Å². The Labute approximate surface area is 181 Å². The molecule has 0 radical (unpaired) electrons. The van der Waals surface area contributed by atoms with Gasteiger partial charge in [0.25, 0.3) is 0 Å². The third-order valence-electron chi connectivity index (χ3n) is 3.95. The van der Waals surface area contributed by atoms with Crippen molar-refractivity contribution in [3.05, 3.63) is 72.8 Å².